The van der Waals surface area contributed by atoms with Gasteiger partial charge in [-0.25, -0.2) is 0 Å². The normalized spacial score (nSPS) is 14.9. The third kappa shape index (κ3) is 2.76. The van der Waals surface area contributed by atoms with Crippen LogP contribution in [0.15, 0.2) is 18.2 Å². The molecule has 1 aromatic carbocycles. The summed E-state index contributed by atoms with van der Waals surface area (Å²) in [6.07, 6.45) is 3.47. The van der Waals surface area contributed by atoms with Gasteiger partial charge in [0.1, 0.15) is 11.5 Å². The van der Waals surface area contributed by atoms with Gasteiger partial charge in [0.15, 0.2) is 0 Å². The van der Waals surface area contributed by atoms with E-state index in [1.807, 2.05) is 12.1 Å². The van der Waals surface area contributed by atoms with Gasteiger partial charge in [-0.05, 0) is 43.0 Å². The van der Waals surface area contributed by atoms with Crippen molar-refractivity contribution in [3.8, 4) is 5.75 Å². The number of methoxy groups -OCH3 is 1. The van der Waals surface area contributed by atoms with Gasteiger partial charge in [-0.1, -0.05) is 11.6 Å². The van der Waals surface area contributed by atoms with E-state index in [-0.39, 0.29) is 0 Å². The molecule has 0 bridgehead atoms. The minimum Gasteiger partial charge on any atom is -0.496 e. The summed E-state index contributed by atoms with van der Waals surface area (Å²) in [5.41, 5.74) is 1.02. The number of carbonyl (C=O) groups excluding carboxylic acids is 1. The fourth-order valence-electron chi connectivity index (χ4n) is 1.81. The number of carbonyl (C=O) groups is 1. The van der Waals surface area contributed by atoms with Gasteiger partial charge in [-0.15, -0.1) is 0 Å². The van der Waals surface area contributed by atoms with Crippen LogP contribution in [0.4, 0.5) is 0 Å². The van der Waals surface area contributed by atoms with Crippen molar-refractivity contribution < 1.29 is 9.53 Å². The molecule has 1 saturated carbocycles. The minimum atomic E-state index is 0.338. The SMILES string of the molecule is COc1ccc(Cl)cc1CCC(=O)C1CC1. The summed E-state index contributed by atoms with van der Waals surface area (Å²) < 4.78 is 5.24. The molecule has 1 aliphatic rings. The lowest BCUT2D eigenvalue weighted by Gasteiger charge is -2.08. The maximum atomic E-state index is 11.6. The largest absolute Gasteiger partial charge is 0.496 e. The van der Waals surface area contributed by atoms with Crippen molar-refractivity contribution >= 4 is 17.4 Å². The summed E-state index contributed by atoms with van der Waals surface area (Å²) in [5, 5.41) is 0.690. The van der Waals surface area contributed by atoms with Crippen LogP contribution in [0.1, 0.15) is 24.8 Å². The Morgan fingerprint density at radius 1 is 1.50 bits per heavy atom. The van der Waals surface area contributed by atoms with E-state index >= 15 is 0 Å². The summed E-state index contributed by atoms with van der Waals surface area (Å²) in [6.45, 7) is 0. The van der Waals surface area contributed by atoms with Gasteiger partial charge >= 0.3 is 0 Å². The van der Waals surface area contributed by atoms with Crippen LogP contribution < -0.4 is 4.74 Å². The van der Waals surface area contributed by atoms with E-state index in [2.05, 4.69) is 0 Å². The van der Waals surface area contributed by atoms with Gasteiger partial charge in [0.05, 0.1) is 7.11 Å². The number of Topliss-reactive ketones (excluding diaryl/α,β-unsaturated/α-hetero) is 1. The zero-order chi connectivity index (χ0) is 11.5. The van der Waals surface area contributed by atoms with Crippen LogP contribution in [0.2, 0.25) is 5.02 Å². The number of rotatable bonds is 5. The second-order valence-corrected chi connectivity index (χ2v) is 4.63. The number of hydrogen-bond donors (Lipinski definition) is 0. The molecule has 0 unspecified atom stereocenters. The van der Waals surface area contributed by atoms with Crippen LogP contribution in [0, 0.1) is 5.92 Å². The Hall–Kier alpha value is -1.02. The Kier molecular flexibility index (Phi) is 3.49. The molecule has 0 aliphatic heterocycles. The molecule has 0 amide bonds. The lowest BCUT2D eigenvalue weighted by atomic mass is 10.0. The third-order valence-electron chi connectivity index (χ3n) is 2.92. The zero-order valence-electron chi connectivity index (χ0n) is 9.33. The Morgan fingerprint density at radius 2 is 2.25 bits per heavy atom. The maximum absolute atomic E-state index is 11.6. The van der Waals surface area contributed by atoms with Crippen molar-refractivity contribution in [3.05, 3.63) is 28.8 Å². The monoisotopic (exact) mass is 238 g/mol. The Balaban J connectivity index is 2.01. The van der Waals surface area contributed by atoms with Gasteiger partial charge in [-0.3, -0.25) is 4.79 Å². The van der Waals surface area contributed by atoms with E-state index < -0.39 is 0 Å². The average molecular weight is 239 g/mol. The molecule has 0 saturated heterocycles. The van der Waals surface area contributed by atoms with Crippen LogP contribution in [-0.4, -0.2) is 12.9 Å². The molecular formula is C13H15ClO2. The number of aryl methyl sites for hydroxylation is 1. The van der Waals surface area contributed by atoms with Crippen molar-refractivity contribution in [1.82, 2.24) is 0 Å². The first-order valence-electron chi connectivity index (χ1n) is 5.56. The molecule has 0 N–H and O–H groups in total. The first kappa shape index (κ1) is 11.5. The molecule has 86 valence electrons. The van der Waals surface area contributed by atoms with Crippen LogP contribution in [0.25, 0.3) is 0 Å². The lowest BCUT2D eigenvalue weighted by molar-refractivity contribution is -0.120. The smallest absolute Gasteiger partial charge is 0.136 e. The molecular weight excluding hydrogens is 224 g/mol. The second kappa shape index (κ2) is 4.88. The van der Waals surface area contributed by atoms with Gasteiger partial charge in [0.25, 0.3) is 0 Å². The summed E-state index contributed by atoms with van der Waals surface area (Å²) in [6, 6.07) is 5.52. The highest BCUT2D eigenvalue weighted by Gasteiger charge is 2.28. The zero-order valence-corrected chi connectivity index (χ0v) is 10.1. The minimum absolute atomic E-state index is 0.338. The number of hydrogen-bond acceptors (Lipinski definition) is 2. The number of ether oxygens (including phenoxy) is 1. The molecule has 1 aromatic rings. The Morgan fingerprint density at radius 3 is 2.88 bits per heavy atom. The topological polar surface area (TPSA) is 26.3 Å². The predicted molar refractivity (Wildman–Crippen MR) is 64.1 cm³/mol. The van der Waals surface area contributed by atoms with E-state index in [0.29, 0.717) is 23.1 Å². The van der Waals surface area contributed by atoms with Crippen molar-refractivity contribution in [2.75, 3.05) is 7.11 Å². The number of halogens is 1. The molecule has 0 atom stereocenters. The highest BCUT2D eigenvalue weighted by atomic mass is 35.5. The molecule has 1 fully saturated rings. The van der Waals surface area contributed by atoms with Gasteiger partial charge in [0, 0.05) is 17.4 Å². The first-order chi connectivity index (χ1) is 7.70. The quantitative estimate of drug-likeness (QED) is 0.787. The van der Waals surface area contributed by atoms with Gasteiger partial charge < -0.3 is 4.74 Å². The molecule has 2 rings (SSSR count). The molecule has 2 nitrogen and oxygen atoms in total. The second-order valence-electron chi connectivity index (χ2n) is 4.20. The van der Waals surface area contributed by atoms with Crippen LogP contribution in [-0.2, 0) is 11.2 Å². The summed E-state index contributed by atoms with van der Waals surface area (Å²) in [5.74, 6) is 1.53. The van der Waals surface area contributed by atoms with Crippen molar-refractivity contribution in [3.63, 3.8) is 0 Å². The van der Waals surface area contributed by atoms with E-state index in [0.717, 1.165) is 30.6 Å². The summed E-state index contributed by atoms with van der Waals surface area (Å²) >= 11 is 5.92. The average Bonchev–Trinajstić information content (AvgIpc) is 3.10. The molecule has 3 heteroatoms. The molecule has 1 aliphatic carbocycles. The maximum Gasteiger partial charge on any atom is 0.136 e. The summed E-state index contributed by atoms with van der Waals surface area (Å²) in [7, 11) is 1.63. The fraction of sp³-hybridized carbons (Fsp3) is 0.462. The van der Waals surface area contributed by atoms with Crippen molar-refractivity contribution in [1.29, 1.82) is 0 Å². The van der Waals surface area contributed by atoms with E-state index in [4.69, 9.17) is 16.3 Å². The number of benzene rings is 1. The van der Waals surface area contributed by atoms with Crippen molar-refractivity contribution in [2.24, 2.45) is 5.92 Å². The van der Waals surface area contributed by atoms with E-state index in [1.165, 1.54) is 0 Å². The summed E-state index contributed by atoms with van der Waals surface area (Å²) in [4.78, 5) is 11.6. The van der Waals surface area contributed by atoms with Gasteiger partial charge in [-0.2, -0.15) is 0 Å². The van der Waals surface area contributed by atoms with Gasteiger partial charge in [0.2, 0.25) is 0 Å². The standard InChI is InChI=1S/C13H15ClO2/c1-16-13-7-5-11(14)8-10(13)4-6-12(15)9-2-3-9/h5,7-9H,2-4,6H2,1H3. The lowest BCUT2D eigenvalue weighted by Crippen LogP contribution is -2.03. The molecule has 0 heterocycles. The molecule has 0 aromatic heterocycles. The fourth-order valence-corrected chi connectivity index (χ4v) is 2.00. The van der Waals surface area contributed by atoms with Crippen LogP contribution >= 0.6 is 11.6 Å². The van der Waals surface area contributed by atoms with Crippen LogP contribution in [0.3, 0.4) is 0 Å². The molecule has 16 heavy (non-hydrogen) atoms. The van der Waals surface area contributed by atoms with E-state index in [1.54, 1.807) is 13.2 Å². The molecule has 0 radical (unpaired) electrons. The highest BCUT2D eigenvalue weighted by molar-refractivity contribution is 6.30. The molecule has 0 spiro atoms. The first-order valence-corrected chi connectivity index (χ1v) is 5.93. The number of ketones is 1. The third-order valence-corrected chi connectivity index (χ3v) is 3.15. The highest BCUT2D eigenvalue weighted by Crippen LogP contribution is 2.32. The Labute approximate surface area is 101 Å². The van der Waals surface area contributed by atoms with E-state index in [9.17, 15) is 4.79 Å². The predicted octanol–water partition coefficient (Wildman–Crippen LogP) is 3.26. The van der Waals surface area contributed by atoms with Crippen LogP contribution in [0.5, 0.6) is 5.75 Å². The Bertz CT molecular complexity index is 397. The van der Waals surface area contributed by atoms with Crippen molar-refractivity contribution in [2.45, 2.75) is 25.7 Å².